The molecule has 0 aromatic carbocycles. The summed E-state index contributed by atoms with van der Waals surface area (Å²) >= 11 is 3.31. The maximum absolute atomic E-state index is 10.6. The van der Waals surface area contributed by atoms with E-state index in [-0.39, 0.29) is 5.92 Å². The molecule has 0 radical (unpaired) electrons. The standard InChI is InChI=1S/C8H8BrN3O2/c9-6-1-10-4-11-7(6)12-2-5(3-12)8(13)14/h1,4-5H,2-3H2,(H,13,14). The zero-order chi connectivity index (χ0) is 10.1. The Bertz CT molecular complexity index is 365. The van der Waals surface area contributed by atoms with Gasteiger partial charge in [-0.3, -0.25) is 4.79 Å². The summed E-state index contributed by atoms with van der Waals surface area (Å²) in [6.07, 6.45) is 3.10. The summed E-state index contributed by atoms with van der Waals surface area (Å²) in [6.45, 7) is 1.04. The van der Waals surface area contributed by atoms with Gasteiger partial charge in [-0.2, -0.15) is 0 Å². The van der Waals surface area contributed by atoms with Crippen molar-refractivity contribution in [2.24, 2.45) is 5.92 Å². The van der Waals surface area contributed by atoms with Gasteiger partial charge in [0.25, 0.3) is 0 Å². The van der Waals surface area contributed by atoms with Crippen LogP contribution in [0.25, 0.3) is 0 Å². The van der Waals surface area contributed by atoms with Crippen molar-refractivity contribution in [1.29, 1.82) is 0 Å². The first kappa shape index (κ1) is 9.39. The fourth-order valence-electron chi connectivity index (χ4n) is 1.35. The van der Waals surface area contributed by atoms with E-state index in [9.17, 15) is 4.79 Å². The van der Waals surface area contributed by atoms with E-state index >= 15 is 0 Å². The molecule has 0 aliphatic carbocycles. The van der Waals surface area contributed by atoms with Gasteiger partial charge in [0, 0.05) is 19.3 Å². The first-order valence-corrected chi connectivity index (χ1v) is 4.91. The van der Waals surface area contributed by atoms with Crippen molar-refractivity contribution in [3.05, 3.63) is 17.0 Å². The minimum Gasteiger partial charge on any atom is -0.481 e. The molecule has 1 saturated heterocycles. The van der Waals surface area contributed by atoms with Gasteiger partial charge in [-0.15, -0.1) is 0 Å². The van der Waals surface area contributed by atoms with Gasteiger partial charge in [0.2, 0.25) is 0 Å². The number of rotatable bonds is 2. The molecule has 0 atom stereocenters. The Morgan fingerprint density at radius 1 is 1.64 bits per heavy atom. The number of carboxylic acid groups (broad SMARTS) is 1. The molecule has 1 aliphatic heterocycles. The second-order valence-corrected chi connectivity index (χ2v) is 3.99. The number of aliphatic carboxylic acids is 1. The summed E-state index contributed by atoms with van der Waals surface area (Å²) in [5.41, 5.74) is 0. The lowest BCUT2D eigenvalue weighted by atomic mass is 10.0. The van der Waals surface area contributed by atoms with E-state index in [0.717, 1.165) is 10.3 Å². The summed E-state index contributed by atoms with van der Waals surface area (Å²) < 4.78 is 0.795. The molecule has 0 saturated carbocycles. The predicted molar refractivity (Wildman–Crippen MR) is 53.1 cm³/mol. The molecule has 74 valence electrons. The minimum absolute atomic E-state index is 0.267. The van der Waals surface area contributed by atoms with Gasteiger partial charge in [0.15, 0.2) is 0 Å². The summed E-state index contributed by atoms with van der Waals surface area (Å²) in [4.78, 5) is 20.4. The Morgan fingerprint density at radius 3 is 2.93 bits per heavy atom. The zero-order valence-electron chi connectivity index (χ0n) is 7.22. The molecule has 14 heavy (non-hydrogen) atoms. The molecule has 5 nitrogen and oxygen atoms in total. The number of hydrogen-bond acceptors (Lipinski definition) is 4. The number of carboxylic acids is 1. The van der Waals surface area contributed by atoms with Crippen LogP contribution in [-0.2, 0) is 4.79 Å². The summed E-state index contributed by atoms with van der Waals surface area (Å²) in [7, 11) is 0. The van der Waals surface area contributed by atoms with Crippen LogP contribution in [0.1, 0.15) is 0 Å². The molecule has 0 bridgehead atoms. The molecule has 2 rings (SSSR count). The van der Waals surface area contributed by atoms with Crippen LogP contribution in [0.2, 0.25) is 0 Å². The molecule has 6 heteroatoms. The summed E-state index contributed by atoms with van der Waals surface area (Å²) in [6, 6.07) is 0. The third kappa shape index (κ3) is 1.57. The van der Waals surface area contributed by atoms with Gasteiger partial charge in [-0.1, -0.05) is 0 Å². The topological polar surface area (TPSA) is 66.3 Å². The van der Waals surface area contributed by atoms with Crippen LogP contribution < -0.4 is 4.90 Å². The van der Waals surface area contributed by atoms with Crippen LogP contribution in [0.3, 0.4) is 0 Å². The van der Waals surface area contributed by atoms with Crippen molar-refractivity contribution in [1.82, 2.24) is 9.97 Å². The molecule has 1 N–H and O–H groups in total. The normalized spacial score (nSPS) is 16.5. The highest BCUT2D eigenvalue weighted by molar-refractivity contribution is 9.10. The number of hydrogen-bond donors (Lipinski definition) is 1. The van der Waals surface area contributed by atoms with Gasteiger partial charge < -0.3 is 10.0 Å². The van der Waals surface area contributed by atoms with Crippen molar-refractivity contribution in [2.75, 3.05) is 18.0 Å². The number of carbonyl (C=O) groups is 1. The monoisotopic (exact) mass is 257 g/mol. The Balaban J connectivity index is 2.07. The van der Waals surface area contributed by atoms with Crippen molar-refractivity contribution in [3.63, 3.8) is 0 Å². The Kier molecular flexibility index (Phi) is 2.37. The largest absolute Gasteiger partial charge is 0.481 e. The molecule has 0 amide bonds. The van der Waals surface area contributed by atoms with E-state index in [4.69, 9.17) is 5.11 Å². The van der Waals surface area contributed by atoms with Crippen LogP contribution in [0.5, 0.6) is 0 Å². The van der Waals surface area contributed by atoms with Gasteiger partial charge in [-0.25, -0.2) is 9.97 Å². The van der Waals surface area contributed by atoms with Gasteiger partial charge in [0.05, 0.1) is 10.4 Å². The number of halogens is 1. The Labute approximate surface area is 88.9 Å². The molecule has 1 aromatic rings. The fraction of sp³-hybridized carbons (Fsp3) is 0.375. The predicted octanol–water partition coefficient (Wildman–Crippen LogP) is 0.760. The highest BCUT2D eigenvalue weighted by Crippen LogP contribution is 2.28. The van der Waals surface area contributed by atoms with Gasteiger partial charge in [-0.05, 0) is 15.9 Å². The summed E-state index contributed by atoms with van der Waals surface area (Å²) in [5, 5.41) is 8.70. The average Bonchev–Trinajstić information content (AvgIpc) is 2.05. The highest BCUT2D eigenvalue weighted by Gasteiger charge is 2.34. The number of nitrogens with zero attached hydrogens (tertiary/aromatic N) is 3. The molecule has 0 unspecified atom stereocenters. The third-order valence-corrected chi connectivity index (χ3v) is 2.74. The van der Waals surface area contributed by atoms with Crippen molar-refractivity contribution in [3.8, 4) is 0 Å². The van der Waals surface area contributed by atoms with E-state index in [1.807, 2.05) is 4.90 Å². The molecule has 1 aromatic heterocycles. The SMILES string of the molecule is O=C(O)C1CN(c2ncncc2Br)C1. The lowest BCUT2D eigenvalue weighted by Gasteiger charge is -2.37. The van der Waals surface area contributed by atoms with Crippen molar-refractivity contribution < 1.29 is 9.90 Å². The van der Waals surface area contributed by atoms with Crippen LogP contribution in [0.4, 0.5) is 5.82 Å². The first-order valence-electron chi connectivity index (χ1n) is 4.11. The van der Waals surface area contributed by atoms with Crippen molar-refractivity contribution in [2.45, 2.75) is 0 Å². The quantitative estimate of drug-likeness (QED) is 0.848. The van der Waals surface area contributed by atoms with E-state index in [0.29, 0.717) is 13.1 Å². The van der Waals surface area contributed by atoms with Crippen LogP contribution in [0, 0.1) is 5.92 Å². The second-order valence-electron chi connectivity index (χ2n) is 3.13. The Hall–Kier alpha value is -1.17. The van der Waals surface area contributed by atoms with E-state index < -0.39 is 5.97 Å². The summed E-state index contributed by atoms with van der Waals surface area (Å²) in [5.74, 6) is -0.249. The lowest BCUT2D eigenvalue weighted by Crippen LogP contribution is -2.51. The average molecular weight is 258 g/mol. The number of aromatic nitrogens is 2. The van der Waals surface area contributed by atoms with E-state index in [2.05, 4.69) is 25.9 Å². The molecular weight excluding hydrogens is 250 g/mol. The second kappa shape index (κ2) is 3.53. The van der Waals surface area contributed by atoms with Crippen LogP contribution >= 0.6 is 15.9 Å². The van der Waals surface area contributed by atoms with E-state index in [1.165, 1.54) is 6.33 Å². The number of anilines is 1. The van der Waals surface area contributed by atoms with Gasteiger partial charge in [0.1, 0.15) is 12.1 Å². The maximum Gasteiger partial charge on any atom is 0.310 e. The maximum atomic E-state index is 10.6. The Morgan fingerprint density at radius 2 is 2.36 bits per heavy atom. The fourth-order valence-corrected chi connectivity index (χ4v) is 1.82. The molecule has 1 fully saturated rings. The molecule has 0 spiro atoms. The van der Waals surface area contributed by atoms with E-state index in [1.54, 1.807) is 6.20 Å². The van der Waals surface area contributed by atoms with Gasteiger partial charge >= 0.3 is 5.97 Å². The van der Waals surface area contributed by atoms with Crippen LogP contribution in [0.15, 0.2) is 17.0 Å². The molecule has 2 heterocycles. The lowest BCUT2D eigenvalue weighted by molar-refractivity contribution is -0.142. The molecule has 1 aliphatic rings. The third-order valence-electron chi connectivity index (χ3n) is 2.18. The molecular formula is C8H8BrN3O2. The smallest absolute Gasteiger partial charge is 0.310 e. The zero-order valence-corrected chi connectivity index (χ0v) is 8.81. The highest BCUT2D eigenvalue weighted by atomic mass is 79.9. The minimum atomic E-state index is -0.744. The first-order chi connectivity index (χ1) is 6.68. The van der Waals surface area contributed by atoms with Crippen LogP contribution in [-0.4, -0.2) is 34.1 Å². The van der Waals surface area contributed by atoms with Crippen molar-refractivity contribution >= 4 is 27.7 Å².